The van der Waals surface area contributed by atoms with Gasteiger partial charge in [0.2, 0.25) is 0 Å². The number of hydrogen-bond donors (Lipinski definition) is 5. The quantitative estimate of drug-likeness (QED) is 0.0613. The second-order valence-electron chi connectivity index (χ2n) is 29.7. The fourth-order valence-corrected chi connectivity index (χ4v) is 22.7. The number of nitrogens with zero attached hydrogens (tertiary/aromatic N) is 12. The largest absolute Gasteiger partial charge is 0.391 e. The Kier molecular flexibility index (Phi) is 23.3. The molecule has 10 aliphatic rings. The van der Waals surface area contributed by atoms with E-state index in [9.17, 15) is 47.2 Å². The molecule has 6 aromatic heterocycles. The van der Waals surface area contributed by atoms with Crippen molar-refractivity contribution in [3.63, 3.8) is 0 Å². The molecule has 4 fully saturated rings. The number of aliphatic imine (C=N–C) groups is 5. The average molecular weight is 1580 g/mol. The molecular formula is C75H90N16O13S5. The minimum absolute atomic E-state index is 0.0240. The predicted octanol–water partition coefficient (Wildman–Crippen LogP) is 7.72. The first-order valence-electron chi connectivity index (χ1n) is 36.4. The molecule has 5 N–H and O–H groups in total. The molecule has 13 heterocycles. The molecule has 7 aliphatic heterocycles. The minimum Gasteiger partial charge on any atom is -0.391 e. The molecule has 34 heteroatoms. The van der Waals surface area contributed by atoms with E-state index in [1.807, 2.05) is 42.5 Å². The first kappa shape index (κ1) is 78.8. The van der Waals surface area contributed by atoms with Crippen LogP contribution < -0.4 is 18.9 Å². The molecule has 0 amide bonds. The van der Waals surface area contributed by atoms with Crippen molar-refractivity contribution in [3.8, 4) is 11.3 Å². The molecule has 3 aliphatic carbocycles. The number of aryl methyl sites for hydroxylation is 1. The number of morpholine rings is 1. The van der Waals surface area contributed by atoms with Gasteiger partial charge < -0.3 is 14.4 Å². The van der Waals surface area contributed by atoms with E-state index >= 15 is 0 Å². The van der Waals surface area contributed by atoms with Crippen LogP contribution in [0.3, 0.4) is 0 Å². The topological polar surface area (TPSA) is 404 Å². The average Bonchev–Trinajstić information content (AvgIpc) is 1.54. The van der Waals surface area contributed by atoms with Crippen LogP contribution in [0, 0.1) is 35.5 Å². The molecule has 2 saturated heterocycles. The number of nitrogens with one attached hydrogen (secondary N) is 4. The van der Waals surface area contributed by atoms with Gasteiger partial charge in [0.25, 0.3) is 50.1 Å². The lowest BCUT2D eigenvalue weighted by molar-refractivity contribution is 0.00355. The van der Waals surface area contributed by atoms with Gasteiger partial charge in [0.05, 0.1) is 92.1 Å². The van der Waals surface area contributed by atoms with Gasteiger partial charge in [-0.2, -0.15) is 4.31 Å². The van der Waals surface area contributed by atoms with Crippen LogP contribution in [0.15, 0.2) is 164 Å². The summed E-state index contributed by atoms with van der Waals surface area (Å²) in [5.41, 5.74) is 8.36. The Morgan fingerprint density at radius 2 is 1.06 bits per heavy atom. The molecule has 4 bridgehead atoms. The van der Waals surface area contributed by atoms with E-state index in [2.05, 4.69) is 115 Å². The van der Waals surface area contributed by atoms with Crippen molar-refractivity contribution in [1.29, 1.82) is 0 Å². The number of rotatable bonds is 15. The number of aromatic nitrogens is 6. The number of pyridine rings is 5. The number of aliphatic hydroxyl groups is 1. The lowest BCUT2D eigenvalue weighted by atomic mass is 9.70. The van der Waals surface area contributed by atoms with Gasteiger partial charge in [-0.3, -0.25) is 49.9 Å². The van der Waals surface area contributed by atoms with E-state index < -0.39 is 62.3 Å². The van der Waals surface area contributed by atoms with Crippen LogP contribution in [-0.2, 0) is 94.1 Å². The highest BCUT2D eigenvalue weighted by Crippen LogP contribution is 2.65. The zero-order valence-corrected chi connectivity index (χ0v) is 65.7. The summed E-state index contributed by atoms with van der Waals surface area (Å²) in [5.74, 6) is 1.66. The summed E-state index contributed by atoms with van der Waals surface area (Å²) in [6.45, 7) is 17.6. The number of aliphatic hydroxyl groups excluding tert-OH is 1. The van der Waals surface area contributed by atoms with Crippen molar-refractivity contribution in [3.05, 3.63) is 202 Å². The van der Waals surface area contributed by atoms with Crippen LogP contribution in [0.5, 0.6) is 0 Å². The lowest BCUT2D eigenvalue weighted by Crippen LogP contribution is -2.50. The second-order valence-corrected chi connectivity index (χ2v) is 38.1. The highest BCUT2D eigenvalue weighted by Gasteiger charge is 2.66. The van der Waals surface area contributed by atoms with Crippen LogP contribution >= 0.6 is 0 Å². The Morgan fingerprint density at radius 3 is 1.50 bits per heavy atom. The van der Waals surface area contributed by atoms with E-state index in [0.717, 1.165) is 74.0 Å². The number of benzene rings is 1. The number of ether oxygens (including phenoxy) is 1. The zero-order chi connectivity index (χ0) is 77.3. The van der Waals surface area contributed by atoms with Gasteiger partial charge in [0, 0.05) is 101 Å². The first-order valence-corrected chi connectivity index (χ1v) is 43.8. The van der Waals surface area contributed by atoms with Crippen molar-refractivity contribution in [2.75, 3.05) is 19.7 Å². The zero-order valence-electron chi connectivity index (χ0n) is 61.6. The highest BCUT2D eigenvalue weighted by atomic mass is 32.2. The van der Waals surface area contributed by atoms with Crippen molar-refractivity contribution >= 4 is 75.3 Å². The summed E-state index contributed by atoms with van der Waals surface area (Å²) in [6.07, 6.45) is 19.2. The van der Waals surface area contributed by atoms with Crippen LogP contribution in [0.1, 0.15) is 161 Å². The molecule has 109 heavy (non-hydrogen) atoms. The molecule has 1 aromatic carbocycles. The summed E-state index contributed by atoms with van der Waals surface area (Å²) in [5, 5.41) is 15.4. The third kappa shape index (κ3) is 16.6. The Bertz CT molecular complexity index is 5390. The molecule has 0 spiro atoms. The summed E-state index contributed by atoms with van der Waals surface area (Å²) in [6, 6.07) is 26.2. The number of fused-ring (bicyclic) bond motifs is 9. The normalized spacial score (nSPS) is 23.4. The molecule has 0 radical (unpaired) electrons. The second kappa shape index (κ2) is 32.2. The monoisotopic (exact) mass is 1580 g/mol. The maximum atomic E-state index is 12.9. The summed E-state index contributed by atoms with van der Waals surface area (Å²) in [7, 11) is -18.2. The molecule has 578 valence electrons. The molecule has 7 aromatic rings. The van der Waals surface area contributed by atoms with Gasteiger partial charge in [-0.1, -0.05) is 95.6 Å². The highest BCUT2D eigenvalue weighted by molar-refractivity contribution is 8.06. The molecule has 17 rings (SSSR count). The van der Waals surface area contributed by atoms with Crippen molar-refractivity contribution in [2.45, 2.75) is 169 Å². The SMILES string of the molecule is CC(C)CC[C@H](C)CNS(=O)(=O)C1=NCc2ncccc21.CC1(C)C2CCC1(C)[C@H](O)[C@@H]2NS(=O)(=O)C1=NCc2ncccc21.Cc1onc(-c2ccccc2)c1CNS(=O)(=O)C1=NCc2ncccc21.O=S(=O)(C1=NCc2ncccc21)N1C[C@H]2C[C@@H]1CO2.O=S(=O)(N[C@H]1C=CCCC1)C1=NCc2ncccc21. The van der Waals surface area contributed by atoms with Crippen LogP contribution in [-0.4, -0.2) is 157 Å². The van der Waals surface area contributed by atoms with Crippen molar-refractivity contribution < 1.29 is 56.5 Å². The first-order chi connectivity index (χ1) is 52.0. The third-order valence-corrected chi connectivity index (χ3v) is 29.5. The third-order valence-electron chi connectivity index (χ3n) is 21.9. The summed E-state index contributed by atoms with van der Waals surface area (Å²) in [4.78, 5) is 41.6. The molecule has 29 nitrogen and oxygen atoms in total. The Morgan fingerprint density at radius 1 is 0.578 bits per heavy atom. The van der Waals surface area contributed by atoms with Crippen LogP contribution in [0.2, 0.25) is 0 Å². The fourth-order valence-electron chi connectivity index (χ4n) is 15.4. The Hall–Kier alpha value is -8.26. The number of hydrogen-bond acceptors (Lipinski definition) is 24. The molecule has 8 atom stereocenters. The summed E-state index contributed by atoms with van der Waals surface area (Å²) < 4.78 is 149. The van der Waals surface area contributed by atoms with Gasteiger partial charge in [-0.25, -0.2) is 61.0 Å². The van der Waals surface area contributed by atoms with Gasteiger partial charge in [-0.15, -0.1) is 0 Å². The van der Waals surface area contributed by atoms with E-state index in [1.165, 1.54) is 0 Å². The van der Waals surface area contributed by atoms with Gasteiger partial charge in [0.15, 0.2) is 25.2 Å². The van der Waals surface area contributed by atoms with E-state index in [0.29, 0.717) is 107 Å². The summed E-state index contributed by atoms with van der Waals surface area (Å²) >= 11 is 0. The standard InChI is InChI=1S/C18H16N4O3S.C17H23N3O3S.C15H23N3O2S.C13H15N3O2S.C12H13N3O3S/c1-12-15(17(22-25-12)13-6-3-2-4-7-13)10-21-26(23,24)18-14-8-5-9-19-16(14)11-20-18;1-16(2)11-6-7-17(16,3)14(21)13(11)20-24(22,23)15-10-5-4-8-18-12(10)9-19-15;1-11(2)6-7-12(3)9-18-21(19,20)15-13-5-4-8-16-14(13)10-17-15;17-19(18,16-10-5-2-1-3-6-10)13-11-7-4-8-14-12(11)9-15-13;16-19(17,15-6-9-4-8(15)7-18-9)12-10-2-1-3-13-11(10)5-14-12/h2-9,21H,10-11H2,1H3;4-5,8,11,13-14,20-21H,6-7,9H2,1-3H3;4-5,8,11-12,18H,6-7,9-10H2,1-3H3;2,4-5,7-8,10,16H,1,3,6,9H2;1-3,8-9H,4-7H2/t;11?,13-,14-,17?;12-;10-;8-,9-/m.1001/s1. The smallest absolute Gasteiger partial charge is 0.261 e. The minimum atomic E-state index is -3.79. The van der Waals surface area contributed by atoms with Gasteiger partial charge in [-0.05, 0) is 136 Å². The van der Waals surface area contributed by atoms with E-state index in [1.54, 1.807) is 103 Å². The maximum absolute atomic E-state index is 12.9. The molecule has 2 unspecified atom stereocenters. The Labute approximate surface area is 636 Å². The molecular weight excluding hydrogens is 1490 g/mol. The fraction of sp³-hybridized carbons (Fsp3) is 0.453. The van der Waals surface area contributed by atoms with Gasteiger partial charge in [0.1, 0.15) is 11.5 Å². The number of sulfonamides is 5. The van der Waals surface area contributed by atoms with Crippen LogP contribution in [0.4, 0.5) is 0 Å². The van der Waals surface area contributed by atoms with E-state index in [4.69, 9.17) is 9.26 Å². The molecule has 2 saturated carbocycles. The predicted molar refractivity (Wildman–Crippen MR) is 414 cm³/mol. The van der Waals surface area contributed by atoms with E-state index in [-0.39, 0.29) is 79.8 Å². The van der Waals surface area contributed by atoms with Crippen molar-refractivity contribution in [2.24, 2.45) is 53.5 Å². The Balaban J connectivity index is 0.000000121. The van der Waals surface area contributed by atoms with Crippen molar-refractivity contribution in [1.82, 2.24) is 53.3 Å². The maximum Gasteiger partial charge on any atom is 0.261 e. The van der Waals surface area contributed by atoms with Gasteiger partial charge >= 0.3 is 0 Å². The number of allylic oxidation sites excluding steroid dienone is 1. The van der Waals surface area contributed by atoms with Crippen LogP contribution in [0.25, 0.3) is 11.3 Å². The lowest BCUT2D eigenvalue weighted by Gasteiger charge is -2.37.